The third-order valence-corrected chi connectivity index (χ3v) is 2.38. The Labute approximate surface area is 52.8 Å². The van der Waals surface area contributed by atoms with Crippen molar-refractivity contribution in [1.29, 1.82) is 0 Å². The summed E-state index contributed by atoms with van der Waals surface area (Å²) >= 11 is 1.89. The molecule has 2 rings (SSSR count). The number of nitrogens with one attached hydrogen (secondary N) is 1. The van der Waals surface area contributed by atoms with Gasteiger partial charge in [-0.25, -0.2) is 0 Å². The molecule has 0 amide bonds. The van der Waals surface area contributed by atoms with Gasteiger partial charge in [-0.15, -0.1) is 11.8 Å². The molecule has 0 bridgehead atoms. The van der Waals surface area contributed by atoms with E-state index in [1.165, 1.54) is 10.6 Å². The van der Waals surface area contributed by atoms with Crippen molar-refractivity contribution in [2.45, 2.75) is 6.42 Å². The molecule has 0 aromatic carbocycles. The smallest absolute Gasteiger partial charge is 0.0655 e. The van der Waals surface area contributed by atoms with Crippen molar-refractivity contribution in [1.82, 2.24) is 5.32 Å². The molecule has 1 aliphatic carbocycles. The van der Waals surface area contributed by atoms with Crippen LogP contribution in [0.4, 0.5) is 0 Å². The highest BCUT2D eigenvalue weighted by atomic mass is 32.2. The number of hydrogen-bond acceptors (Lipinski definition) is 2. The predicted octanol–water partition coefficient (Wildman–Crippen LogP) is 1.45. The van der Waals surface area contributed by atoms with Gasteiger partial charge < -0.3 is 5.32 Å². The Morgan fingerprint density at radius 3 is 3.50 bits per heavy atom. The second kappa shape index (κ2) is 1.55. The van der Waals surface area contributed by atoms with Crippen LogP contribution in [-0.2, 0) is 0 Å². The van der Waals surface area contributed by atoms with Gasteiger partial charge in [-0.05, 0) is 0 Å². The standard InChI is InChI=1S/C6H7NS/c1-2-5-6(3-1)8-4-7-5/h1,3,7H,2,4H2. The molecule has 0 saturated carbocycles. The molecular weight excluding hydrogens is 118 g/mol. The van der Waals surface area contributed by atoms with Crippen LogP contribution in [0.15, 0.2) is 22.8 Å². The van der Waals surface area contributed by atoms with Gasteiger partial charge >= 0.3 is 0 Å². The van der Waals surface area contributed by atoms with Crippen LogP contribution in [-0.4, -0.2) is 5.88 Å². The quantitative estimate of drug-likeness (QED) is 0.526. The molecule has 1 nitrogen and oxygen atoms in total. The highest BCUT2D eigenvalue weighted by molar-refractivity contribution is 8.03. The van der Waals surface area contributed by atoms with Gasteiger partial charge in [0.1, 0.15) is 0 Å². The Morgan fingerprint density at radius 2 is 2.62 bits per heavy atom. The Kier molecular flexibility index (Phi) is 0.875. The largest absolute Gasteiger partial charge is 0.378 e. The lowest BCUT2D eigenvalue weighted by Gasteiger charge is -1.93. The Morgan fingerprint density at radius 1 is 1.62 bits per heavy atom. The van der Waals surface area contributed by atoms with Gasteiger partial charge in [-0.3, -0.25) is 0 Å². The third kappa shape index (κ3) is 0.494. The average Bonchev–Trinajstić information content (AvgIpc) is 2.15. The number of thioether (sulfide) groups is 1. The van der Waals surface area contributed by atoms with Crippen molar-refractivity contribution in [2.24, 2.45) is 0 Å². The van der Waals surface area contributed by atoms with Crippen LogP contribution < -0.4 is 5.32 Å². The van der Waals surface area contributed by atoms with Crippen LogP contribution in [0.5, 0.6) is 0 Å². The normalized spacial score (nSPS) is 24.0. The lowest BCUT2D eigenvalue weighted by atomic mass is 10.4. The minimum absolute atomic E-state index is 1.08. The number of rotatable bonds is 0. The van der Waals surface area contributed by atoms with Gasteiger partial charge in [0, 0.05) is 17.0 Å². The summed E-state index contributed by atoms with van der Waals surface area (Å²) in [6.45, 7) is 0. The van der Waals surface area contributed by atoms with E-state index < -0.39 is 0 Å². The Balaban J connectivity index is 2.33. The molecule has 0 saturated heterocycles. The topological polar surface area (TPSA) is 12.0 Å². The highest BCUT2D eigenvalue weighted by Gasteiger charge is 2.13. The van der Waals surface area contributed by atoms with Gasteiger partial charge in [0.25, 0.3) is 0 Å². The summed E-state index contributed by atoms with van der Waals surface area (Å²) in [6.07, 6.45) is 5.52. The Bertz CT molecular complexity index is 169. The van der Waals surface area contributed by atoms with Crippen molar-refractivity contribution in [3.63, 3.8) is 0 Å². The molecule has 8 heavy (non-hydrogen) atoms. The maximum Gasteiger partial charge on any atom is 0.0655 e. The van der Waals surface area contributed by atoms with E-state index in [0.717, 1.165) is 12.3 Å². The first-order chi connectivity index (χ1) is 3.97. The molecule has 0 aromatic heterocycles. The molecular formula is C6H7NS. The summed E-state index contributed by atoms with van der Waals surface area (Å²) in [4.78, 5) is 1.45. The van der Waals surface area contributed by atoms with E-state index in [1.807, 2.05) is 11.8 Å². The van der Waals surface area contributed by atoms with Gasteiger partial charge in [0.05, 0.1) is 5.88 Å². The maximum atomic E-state index is 3.30. The van der Waals surface area contributed by atoms with Crippen molar-refractivity contribution >= 4 is 11.8 Å². The van der Waals surface area contributed by atoms with Gasteiger partial charge in [-0.2, -0.15) is 0 Å². The number of allylic oxidation sites excluding steroid dienone is 2. The summed E-state index contributed by atoms with van der Waals surface area (Å²) in [7, 11) is 0. The molecule has 0 fully saturated rings. The lowest BCUT2D eigenvalue weighted by Crippen LogP contribution is -2.04. The molecule has 2 heteroatoms. The molecule has 1 heterocycles. The summed E-state index contributed by atoms with van der Waals surface area (Å²) in [6, 6.07) is 0. The predicted molar refractivity (Wildman–Crippen MR) is 36.4 cm³/mol. The van der Waals surface area contributed by atoms with Crippen LogP contribution in [0.2, 0.25) is 0 Å². The van der Waals surface area contributed by atoms with Crippen LogP contribution in [0, 0.1) is 0 Å². The second-order valence-electron chi connectivity index (χ2n) is 1.91. The van der Waals surface area contributed by atoms with Crippen molar-refractivity contribution in [3.8, 4) is 0 Å². The first-order valence-corrected chi connectivity index (χ1v) is 3.72. The van der Waals surface area contributed by atoms with E-state index in [1.54, 1.807) is 0 Å². The van der Waals surface area contributed by atoms with E-state index >= 15 is 0 Å². The zero-order valence-electron chi connectivity index (χ0n) is 4.48. The second-order valence-corrected chi connectivity index (χ2v) is 2.93. The minimum Gasteiger partial charge on any atom is -0.378 e. The molecule has 42 valence electrons. The first-order valence-electron chi connectivity index (χ1n) is 2.73. The molecule has 0 atom stereocenters. The van der Waals surface area contributed by atoms with E-state index in [0.29, 0.717) is 0 Å². The fraction of sp³-hybridized carbons (Fsp3) is 0.333. The molecule has 0 radical (unpaired) electrons. The maximum absolute atomic E-state index is 3.30. The fourth-order valence-electron chi connectivity index (χ4n) is 0.980. The zero-order valence-corrected chi connectivity index (χ0v) is 5.29. The monoisotopic (exact) mass is 125 g/mol. The SMILES string of the molecule is C1=CC2=C(C1)NCS2. The zero-order chi connectivity index (χ0) is 5.40. The summed E-state index contributed by atoms with van der Waals surface area (Å²) in [5, 5.41) is 3.30. The number of hydrogen-bond donors (Lipinski definition) is 1. The Hall–Kier alpha value is -0.370. The molecule has 2 aliphatic rings. The minimum atomic E-state index is 1.08. The summed E-state index contributed by atoms with van der Waals surface area (Å²) < 4.78 is 0. The van der Waals surface area contributed by atoms with Gasteiger partial charge in [-0.1, -0.05) is 12.2 Å². The summed E-state index contributed by atoms with van der Waals surface area (Å²) in [5.74, 6) is 1.08. The van der Waals surface area contributed by atoms with E-state index in [4.69, 9.17) is 0 Å². The molecule has 1 aliphatic heterocycles. The van der Waals surface area contributed by atoms with Crippen LogP contribution in [0.25, 0.3) is 0 Å². The van der Waals surface area contributed by atoms with Crippen LogP contribution in [0.1, 0.15) is 6.42 Å². The average molecular weight is 125 g/mol. The first kappa shape index (κ1) is 4.50. The van der Waals surface area contributed by atoms with Crippen LogP contribution >= 0.6 is 11.8 Å². The summed E-state index contributed by atoms with van der Waals surface area (Å²) in [5.41, 5.74) is 1.43. The van der Waals surface area contributed by atoms with E-state index in [2.05, 4.69) is 17.5 Å². The molecule has 1 N–H and O–H groups in total. The van der Waals surface area contributed by atoms with Gasteiger partial charge in [0.2, 0.25) is 0 Å². The highest BCUT2D eigenvalue weighted by Crippen LogP contribution is 2.31. The van der Waals surface area contributed by atoms with E-state index in [9.17, 15) is 0 Å². The molecule has 0 aromatic rings. The van der Waals surface area contributed by atoms with Crippen molar-refractivity contribution in [3.05, 3.63) is 22.8 Å². The van der Waals surface area contributed by atoms with Crippen molar-refractivity contribution in [2.75, 3.05) is 5.88 Å². The third-order valence-electron chi connectivity index (χ3n) is 1.40. The van der Waals surface area contributed by atoms with Crippen LogP contribution in [0.3, 0.4) is 0 Å². The van der Waals surface area contributed by atoms with Gasteiger partial charge in [0.15, 0.2) is 0 Å². The van der Waals surface area contributed by atoms with Crippen molar-refractivity contribution < 1.29 is 0 Å². The lowest BCUT2D eigenvalue weighted by molar-refractivity contribution is 0.942. The van der Waals surface area contributed by atoms with E-state index in [-0.39, 0.29) is 0 Å². The fourth-order valence-corrected chi connectivity index (χ4v) is 1.90. The molecule has 0 unspecified atom stereocenters. The molecule has 0 spiro atoms.